The van der Waals surface area contributed by atoms with E-state index >= 15 is 0 Å². The second-order valence-electron chi connectivity index (χ2n) is 7.36. The molecular formula is C18H30N2O2. The minimum atomic E-state index is -0.144. The van der Waals surface area contributed by atoms with Crippen molar-refractivity contribution >= 4 is 5.91 Å². The molecule has 1 amide bonds. The third kappa shape index (κ3) is 2.83. The van der Waals surface area contributed by atoms with Crippen molar-refractivity contribution in [2.75, 3.05) is 33.3 Å². The highest BCUT2D eigenvalue weighted by molar-refractivity contribution is 5.77. The Hall–Kier alpha value is -0.870. The van der Waals surface area contributed by atoms with E-state index in [1.165, 1.54) is 25.8 Å². The van der Waals surface area contributed by atoms with Crippen LogP contribution in [-0.4, -0.2) is 60.1 Å². The molecule has 0 unspecified atom stereocenters. The van der Waals surface area contributed by atoms with Crippen LogP contribution in [0.2, 0.25) is 0 Å². The van der Waals surface area contributed by atoms with Gasteiger partial charge in [0.2, 0.25) is 5.91 Å². The maximum atomic E-state index is 12.6. The molecule has 124 valence electrons. The third-order valence-electron chi connectivity index (χ3n) is 6.31. The van der Waals surface area contributed by atoms with E-state index in [1.54, 1.807) is 7.11 Å². The summed E-state index contributed by atoms with van der Waals surface area (Å²) >= 11 is 0. The fourth-order valence-electron chi connectivity index (χ4n) is 4.59. The zero-order valence-electron chi connectivity index (χ0n) is 14.0. The highest BCUT2D eigenvalue weighted by atomic mass is 16.5. The first-order valence-electron chi connectivity index (χ1n) is 8.82. The zero-order valence-corrected chi connectivity index (χ0v) is 14.0. The second kappa shape index (κ2) is 6.32. The zero-order chi connectivity index (χ0) is 15.6. The number of hydrogen-bond acceptors (Lipinski definition) is 3. The number of ether oxygens (including phenoxy) is 1. The summed E-state index contributed by atoms with van der Waals surface area (Å²) in [5.74, 6) is 0.296. The van der Waals surface area contributed by atoms with Crippen LogP contribution in [0.1, 0.15) is 51.4 Å². The first kappa shape index (κ1) is 16.0. The van der Waals surface area contributed by atoms with Gasteiger partial charge in [0.1, 0.15) is 0 Å². The molecule has 0 radical (unpaired) electrons. The SMILES string of the molecule is C=CCN1CCCC12CCN(C(=O)CC1(OC)CCC1)CC2. The van der Waals surface area contributed by atoms with E-state index in [0.29, 0.717) is 17.9 Å². The highest BCUT2D eigenvalue weighted by Crippen LogP contribution is 2.41. The number of rotatable bonds is 5. The minimum absolute atomic E-state index is 0.144. The number of carbonyl (C=O) groups is 1. The summed E-state index contributed by atoms with van der Waals surface area (Å²) in [5.41, 5.74) is 0.189. The van der Waals surface area contributed by atoms with Gasteiger partial charge in [-0.25, -0.2) is 0 Å². The summed E-state index contributed by atoms with van der Waals surface area (Å²) in [4.78, 5) is 17.3. The van der Waals surface area contributed by atoms with Gasteiger partial charge in [0.15, 0.2) is 0 Å². The van der Waals surface area contributed by atoms with Gasteiger partial charge in [-0.2, -0.15) is 0 Å². The lowest BCUT2D eigenvalue weighted by atomic mass is 9.77. The fourth-order valence-corrected chi connectivity index (χ4v) is 4.59. The smallest absolute Gasteiger partial charge is 0.225 e. The molecule has 3 fully saturated rings. The van der Waals surface area contributed by atoms with Crippen LogP contribution in [0.5, 0.6) is 0 Å². The average Bonchev–Trinajstić information content (AvgIpc) is 2.86. The predicted octanol–water partition coefficient (Wildman–Crippen LogP) is 2.59. The molecule has 2 heterocycles. The number of likely N-dealkylation sites (tertiary alicyclic amines) is 2. The molecule has 4 heteroatoms. The number of methoxy groups -OCH3 is 1. The molecule has 0 bridgehead atoms. The molecule has 3 aliphatic rings. The molecular weight excluding hydrogens is 276 g/mol. The average molecular weight is 306 g/mol. The lowest BCUT2D eigenvalue weighted by Crippen LogP contribution is -2.54. The standard InChI is InChI=1S/C18H30N2O2/c1-3-11-20-12-5-6-17(20)9-13-19(14-10-17)16(21)15-18(22-2)7-4-8-18/h3H,1,4-15H2,2H3. The van der Waals surface area contributed by atoms with Crippen molar-refractivity contribution in [2.45, 2.75) is 62.5 Å². The van der Waals surface area contributed by atoms with Crippen molar-refractivity contribution in [1.29, 1.82) is 0 Å². The van der Waals surface area contributed by atoms with Gasteiger partial charge in [-0.1, -0.05) is 6.08 Å². The highest BCUT2D eigenvalue weighted by Gasteiger charge is 2.45. The maximum Gasteiger partial charge on any atom is 0.225 e. The Balaban J connectivity index is 1.55. The Bertz CT molecular complexity index is 417. The van der Waals surface area contributed by atoms with Crippen molar-refractivity contribution in [3.63, 3.8) is 0 Å². The van der Waals surface area contributed by atoms with E-state index in [2.05, 4.69) is 16.4 Å². The van der Waals surface area contributed by atoms with Gasteiger partial charge in [-0.15, -0.1) is 6.58 Å². The Labute approximate surface area is 134 Å². The van der Waals surface area contributed by atoms with E-state index in [0.717, 1.165) is 45.3 Å². The van der Waals surface area contributed by atoms with Crippen LogP contribution in [0.3, 0.4) is 0 Å². The van der Waals surface area contributed by atoms with Crippen molar-refractivity contribution in [3.8, 4) is 0 Å². The molecule has 0 atom stereocenters. The van der Waals surface area contributed by atoms with E-state index in [1.807, 2.05) is 6.08 Å². The third-order valence-corrected chi connectivity index (χ3v) is 6.31. The normalized spacial score (nSPS) is 26.9. The van der Waals surface area contributed by atoms with Crippen molar-refractivity contribution in [3.05, 3.63) is 12.7 Å². The van der Waals surface area contributed by atoms with Crippen LogP contribution >= 0.6 is 0 Å². The van der Waals surface area contributed by atoms with Gasteiger partial charge in [0.25, 0.3) is 0 Å². The van der Waals surface area contributed by atoms with E-state index < -0.39 is 0 Å². The van der Waals surface area contributed by atoms with Gasteiger partial charge < -0.3 is 9.64 Å². The summed E-state index contributed by atoms with van der Waals surface area (Å²) in [6, 6.07) is 0. The Kier molecular flexibility index (Phi) is 4.60. The summed E-state index contributed by atoms with van der Waals surface area (Å²) in [5, 5.41) is 0. The van der Waals surface area contributed by atoms with Crippen LogP contribution in [0.4, 0.5) is 0 Å². The van der Waals surface area contributed by atoms with Crippen LogP contribution in [0.25, 0.3) is 0 Å². The van der Waals surface area contributed by atoms with E-state index in [4.69, 9.17) is 4.74 Å². The number of hydrogen-bond donors (Lipinski definition) is 0. The van der Waals surface area contributed by atoms with Crippen LogP contribution in [0.15, 0.2) is 12.7 Å². The molecule has 2 saturated heterocycles. The van der Waals surface area contributed by atoms with Gasteiger partial charge >= 0.3 is 0 Å². The number of carbonyl (C=O) groups excluding carboxylic acids is 1. The van der Waals surface area contributed by atoms with E-state index in [9.17, 15) is 4.79 Å². The number of piperidine rings is 1. The molecule has 0 N–H and O–H groups in total. The molecule has 1 aliphatic carbocycles. The summed E-state index contributed by atoms with van der Waals surface area (Å²) in [6.45, 7) is 7.88. The largest absolute Gasteiger partial charge is 0.378 e. The lowest BCUT2D eigenvalue weighted by molar-refractivity contribution is -0.146. The Morgan fingerprint density at radius 2 is 1.86 bits per heavy atom. The van der Waals surface area contributed by atoms with Gasteiger partial charge in [-0.05, 0) is 51.5 Å². The van der Waals surface area contributed by atoms with Crippen molar-refractivity contribution < 1.29 is 9.53 Å². The second-order valence-corrected chi connectivity index (χ2v) is 7.36. The van der Waals surface area contributed by atoms with Crippen LogP contribution < -0.4 is 0 Å². The Morgan fingerprint density at radius 3 is 2.41 bits per heavy atom. The predicted molar refractivity (Wildman–Crippen MR) is 87.8 cm³/mol. The number of nitrogens with zero attached hydrogens (tertiary/aromatic N) is 2. The fraction of sp³-hybridized carbons (Fsp3) is 0.833. The summed E-state index contributed by atoms with van der Waals surface area (Å²) < 4.78 is 5.61. The van der Waals surface area contributed by atoms with Gasteiger partial charge in [-0.3, -0.25) is 9.69 Å². The summed E-state index contributed by atoms with van der Waals surface area (Å²) in [7, 11) is 1.75. The monoisotopic (exact) mass is 306 g/mol. The molecule has 4 nitrogen and oxygen atoms in total. The number of amides is 1. The van der Waals surface area contributed by atoms with Crippen LogP contribution in [0, 0.1) is 0 Å². The minimum Gasteiger partial charge on any atom is -0.378 e. The molecule has 1 spiro atoms. The lowest BCUT2D eigenvalue weighted by Gasteiger charge is -2.46. The molecule has 0 aromatic rings. The molecule has 22 heavy (non-hydrogen) atoms. The maximum absolute atomic E-state index is 12.6. The topological polar surface area (TPSA) is 32.8 Å². The van der Waals surface area contributed by atoms with Crippen molar-refractivity contribution in [1.82, 2.24) is 9.80 Å². The molecule has 3 rings (SSSR count). The van der Waals surface area contributed by atoms with Gasteiger partial charge in [0, 0.05) is 32.3 Å². The van der Waals surface area contributed by atoms with Gasteiger partial charge in [0.05, 0.1) is 12.0 Å². The van der Waals surface area contributed by atoms with E-state index in [-0.39, 0.29) is 5.60 Å². The quantitative estimate of drug-likeness (QED) is 0.732. The summed E-state index contributed by atoms with van der Waals surface area (Å²) in [6.07, 6.45) is 10.7. The molecule has 2 aliphatic heterocycles. The molecule has 1 saturated carbocycles. The van der Waals surface area contributed by atoms with Crippen molar-refractivity contribution in [2.24, 2.45) is 0 Å². The first-order chi connectivity index (χ1) is 10.6. The molecule has 0 aromatic carbocycles. The van der Waals surface area contributed by atoms with Crippen LogP contribution in [-0.2, 0) is 9.53 Å². The molecule has 0 aromatic heterocycles. The Morgan fingerprint density at radius 1 is 1.14 bits per heavy atom. The first-order valence-corrected chi connectivity index (χ1v) is 8.82.